The van der Waals surface area contributed by atoms with E-state index in [2.05, 4.69) is 4.98 Å². The minimum Gasteiger partial charge on any atom is -0.440 e. The van der Waals surface area contributed by atoms with Gasteiger partial charge in [0.1, 0.15) is 17.6 Å². The Morgan fingerprint density at radius 1 is 0.703 bits per heavy atom. The lowest BCUT2D eigenvalue weighted by molar-refractivity contribution is -0.116. The highest BCUT2D eigenvalue weighted by atomic mass is 16.4. The van der Waals surface area contributed by atoms with E-state index in [0.717, 1.165) is 5.69 Å². The molecule has 0 unspecified atom stereocenters. The summed E-state index contributed by atoms with van der Waals surface area (Å²) in [6.45, 7) is 0. The van der Waals surface area contributed by atoms with Crippen molar-refractivity contribution in [3.8, 4) is 0 Å². The zero-order valence-electron chi connectivity index (χ0n) is 19.5. The summed E-state index contributed by atoms with van der Waals surface area (Å²) in [4.78, 5) is 33.1. The van der Waals surface area contributed by atoms with E-state index in [1.165, 1.54) is 22.4 Å². The van der Waals surface area contributed by atoms with Gasteiger partial charge in [0, 0.05) is 6.07 Å². The zero-order valence-corrected chi connectivity index (χ0v) is 19.5. The molecular weight excluding hydrogens is 468 g/mol. The second kappa shape index (κ2) is 9.35. The molecule has 0 atom stereocenters. The Hall–Kier alpha value is -5.37. The molecule has 2 aromatic heterocycles. The molecule has 1 fully saturated rings. The van der Waals surface area contributed by atoms with Crippen LogP contribution in [0.15, 0.2) is 130 Å². The van der Waals surface area contributed by atoms with Crippen LogP contribution in [-0.2, 0) is 9.59 Å². The van der Waals surface area contributed by atoms with Crippen LogP contribution in [0, 0.1) is 0 Å². The Balaban J connectivity index is 1.40. The van der Waals surface area contributed by atoms with E-state index in [1.807, 2.05) is 66.7 Å². The fourth-order valence-corrected chi connectivity index (χ4v) is 4.15. The van der Waals surface area contributed by atoms with Gasteiger partial charge in [0.2, 0.25) is 5.88 Å². The van der Waals surface area contributed by atoms with Gasteiger partial charge in [-0.15, -0.1) is 0 Å². The van der Waals surface area contributed by atoms with Crippen LogP contribution in [0.25, 0.3) is 6.08 Å². The lowest BCUT2D eigenvalue weighted by atomic mass is 10.2. The normalized spacial score (nSPS) is 13.4. The van der Waals surface area contributed by atoms with E-state index < -0.39 is 11.8 Å². The third-order valence-corrected chi connectivity index (χ3v) is 5.79. The van der Waals surface area contributed by atoms with E-state index in [0.29, 0.717) is 29.0 Å². The number of oxazole rings is 1. The highest BCUT2D eigenvalue weighted by Gasteiger charge is 2.43. The fourth-order valence-electron chi connectivity index (χ4n) is 4.15. The Labute approximate surface area is 212 Å². The van der Waals surface area contributed by atoms with Gasteiger partial charge in [0.05, 0.1) is 23.3 Å². The average molecular weight is 489 g/mol. The number of anilines is 5. The van der Waals surface area contributed by atoms with Gasteiger partial charge in [0.25, 0.3) is 11.8 Å². The third-order valence-electron chi connectivity index (χ3n) is 5.79. The van der Waals surface area contributed by atoms with E-state index in [4.69, 9.17) is 8.83 Å². The molecule has 0 bridgehead atoms. The van der Waals surface area contributed by atoms with Crippen molar-refractivity contribution in [2.45, 2.75) is 0 Å². The molecule has 0 N–H and O–H groups in total. The molecule has 37 heavy (non-hydrogen) atoms. The quantitative estimate of drug-likeness (QED) is 0.212. The van der Waals surface area contributed by atoms with Gasteiger partial charge < -0.3 is 8.83 Å². The number of hydrazine groups is 1. The van der Waals surface area contributed by atoms with Crippen LogP contribution in [0.4, 0.5) is 29.0 Å². The maximum atomic E-state index is 13.6. The molecule has 0 aliphatic carbocycles. The maximum Gasteiger partial charge on any atom is 0.308 e. The van der Waals surface area contributed by atoms with E-state index in [1.54, 1.807) is 47.5 Å². The van der Waals surface area contributed by atoms with Crippen LogP contribution >= 0.6 is 0 Å². The molecule has 1 saturated heterocycles. The topological polar surface area (TPSA) is 83.0 Å². The van der Waals surface area contributed by atoms with Crippen LogP contribution < -0.4 is 14.9 Å². The Morgan fingerprint density at radius 3 is 1.81 bits per heavy atom. The molecule has 1 aliphatic heterocycles. The zero-order chi connectivity index (χ0) is 25.2. The lowest BCUT2D eigenvalue weighted by Crippen LogP contribution is -2.41. The molecule has 0 radical (unpaired) electrons. The number of carbonyl (C=O) groups excluding carboxylic acids is 2. The summed E-state index contributed by atoms with van der Waals surface area (Å²) < 4.78 is 11.6. The van der Waals surface area contributed by atoms with E-state index in [-0.39, 0.29) is 5.57 Å². The smallest absolute Gasteiger partial charge is 0.308 e. The standard InChI is InChI=1S/C29H20N4O4/c34-27-25(28(35)33(23-14-8-3-9-15-23)32(27)22-12-6-2-7-13-22)20-24-16-17-26(37-24)31(29-30-18-19-36-29)21-10-4-1-5-11-21/h1-20H. The number of para-hydroxylation sites is 3. The molecule has 0 spiro atoms. The summed E-state index contributed by atoms with van der Waals surface area (Å²) in [7, 11) is 0. The Morgan fingerprint density at radius 2 is 1.27 bits per heavy atom. The molecule has 8 nitrogen and oxygen atoms in total. The molecule has 1 aliphatic rings. The second-order valence-electron chi connectivity index (χ2n) is 8.12. The predicted molar refractivity (Wildman–Crippen MR) is 139 cm³/mol. The van der Waals surface area contributed by atoms with Crippen molar-refractivity contribution in [1.29, 1.82) is 0 Å². The lowest BCUT2D eigenvalue weighted by Gasteiger charge is -2.27. The van der Waals surface area contributed by atoms with Crippen molar-refractivity contribution >= 4 is 46.9 Å². The summed E-state index contributed by atoms with van der Waals surface area (Å²) in [5, 5.41) is 2.74. The number of carbonyl (C=O) groups is 2. The molecule has 3 aromatic carbocycles. The highest BCUT2D eigenvalue weighted by Crippen LogP contribution is 2.36. The second-order valence-corrected chi connectivity index (χ2v) is 8.12. The first-order valence-electron chi connectivity index (χ1n) is 11.6. The highest BCUT2D eigenvalue weighted by molar-refractivity contribution is 6.37. The molecule has 180 valence electrons. The van der Waals surface area contributed by atoms with E-state index >= 15 is 0 Å². The van der Waals surface area contributed by atoms with Crippen molar-refractivity contribution in [1.82, 2.24) is 4.98 Å². The minimum atomic E-state index is -0.453. The van der Waals surface area contributed by atoms with Crippen molar-refractivity contribution < 1.29 is 18.4 Å². The number of hydrogen-bond donors (Lipinski definition) is 0. The predicted octanol–water partition coefficient (Wildman–Crippen LogP) is 6.12. The molecule has 3 heterocycles. The van der Waals surface area contributed by atoms with Gasteiger partial charge in [-0.3, -0.25) is 9.59 Å². The van der Waals surface area contributed by atoms with Crippen LogP contribution in [0.2, 0.25) is 0 Å². The van der Waals surface area contributed by atoms with Gasteiger partial charge in [-0.2, -0.15) is 0 Å². The number of hydrogen-bond acceptors (Lipinski definition) is 6. The largest absolute Gasteiger partial charge is 0.440 e. The van der Waals surface area contributed by atoms with Gasteiger partial charge in [-0.05, 0) is 48.5 Å². The van der Waals surface area contributed by atoms with Crippen molar-refractivity contribution in [3.05, 3.63) is 127 Å². The summed E-state index contributed by atoms with van der Waals surface area (Å²) >= 11 is 0. The van der Waals surface area contributed by atoms with Crippen molar-refractivity contribution in [2.75, 3.05) is 14.9 Å². The fraction of sp³-hybridized carbons (Fsp3) is 0. The molecule has 6 rings (SSSR count). The summed E-state index contributed by atoms with van der Waals surface area (Å²) in [6, 6.07) is 31.3. The SMILES string of the molecule is O=C1C(=Cc2ccc(N(c3ccccc3)c3ncco3)o2)C(=O)N(c2ccccc2)N1c1ccccc1. The van der Waals surface area contributed by atoms with Gasteiger partial charge in [-0.1, -0.05) is 54.6 Å². The summed E-state index contributed by atoms with van der Waals surface area (Å²) in [5.41, 5.74) is 1.91. The number of furan rings is 1. The monoisotopic (exact) mass is 488 g/mol. The van der Waals surface area contributed by atoms with Crippen LogP contribution in [0.1, 0.15) is 5.76 Å². The van der Waals surface area contributed by atoms with Crippen LogP contribution in [0.3, 0.4) is 0 Å². The van der Waals surface area contributed by atoms with Crippen molar-refractivity contribution in [2.24, 2.45) is 0 Å². The third kappa shape index (κ3) is 4.06. The van der Waals surface area contributed by atoms with Crippen molar-refractivity contribution in [3.63, 3.8) is 0 Å². The van der Waals surface area contributed by atoms with Crippen LogP contribution in [0.5, 0.6) is 0 Å². The molecular formula is C29H20N4O4. The first-order valence-corrected chi connectivity index (χ1v) is 11.6. The number of amides is 2. The Bertz CT molecular complexity index is 1500. The van der Waals surface area contributed by atoms with E-state index in [9.17, 15) is 9.59 Å². The Kier molecular flexibility index (Phi) is 5.59. The number of rotatable bonds is 6. The molecule has 5 aromatic rings. The van der Waals surface area contributed by atoms with Crippen LogP contribution in [-0.4, -0.2) is 16.8 Å². The first-order chi connectivity index (χ1) is 18.2. The summed E-state index contributed by atoms with van der Waals surface area (Å²) in [5.74, 6) is -0.156. The average Bonchev–Trinajstić information content (AvgIpc) is 3.69. The molecule has 2 amide bonds. The maximum absolute atomic E-state index is 13.6. The minimum absolute atomic E-state index is 0.0176. The first kappa shape index (κ1) is 22.1. The molecule has 0 saturated carbocycles. The van der Waals surface area contributed by atoms with Gasteiger partial charge >= 0.3 is 6.01 Å². The number of aromatic nitrogens is 1. The molecule has 8 heteroatoms. The summed E-state index contributed by atoms with van der Waals surface area (Å²) in [6.07, 6.45) is 4.48. The van der Waals surface area contributed by atoms with Gasteiger partial charge in [0.15, 0.2) is 0 Å². The number of nitrogens with zero attached hydrogens (tertiary/aromatic N) is 4. The van der Waals surface area contributed by atoms with Gasteiger partial charge in [-0.25, -0.2) is 19.9 Å². The number of benzene rings is 3.